The van der Waals surface area contributed by atoms with E-state index in [9.17, 15) is 18.3 Å². The summed E-state index contributed by atoms with van der Waals surface area (Å²) in [6, 6.07) is 8.38. The third-order valence-corrected chi connectivity index (χ3v) is 5.90. The molecule has 0 aliphatic carbocycles. The average Bonchev–Trinajstić information content (AvgIpc) is 3.28. The summed E-state index contributed by atoms with van der Waals surface area (Å²) in [6.45, 7) is 0.919. The lowest BCUT2D eigenvalue weighted by atomic mass is 10.2. The number of benzene rings is 1. The SMILES string of the molecule is O=C([O-])c1ccc(S(=O)(=O)N(Cc2ccco2)C[C@H]2CCCO2)cc1. The number of rotatable bonds is 7. The third-order valence-electron chi connectivity index (χ3n) is 4.07. The number of hydrogen-bond acceptors (Lipinski definition) is 6. The normalized spacial score (nSPS) is 17.9. The molecule has 0 amide bonds. The van der Waals surface area contributed by atoms with Gasteiger partial charge in [0.15, 0.2) is 0 Å². The van der Waals surface area contributed by atoms with Crippen molar-refractivity contribution in [1.29, 1.82) is 0 Å². The number of nitrogens with zero attached hydrogens (tertiary/aromatic N) is 1. The molecule has 0 bridgehead atoms. The maximum atomic E-state index is 13.0. The van der Waals surface area contributed by atoms with Gasteiger partial charge in [-0.05, 0) is 42.7 Å². The predicted molar refractivity (Wildman–Crippen MR) is 86.1 cm³/mol. The topological polar surface area (TPSA) is 99.9 Å². The van der Waals surface area contributed by atoms with E-state index in [-0.39, 0.29) is 29.7 Å². The van der Waals surface area contributed by atoms with Crippen molar-refractivity contribution in [3.05, 3.63) is 54.0 Å². The second-order valence-electron chi connectivity index (χ2n) is 5.82. The van der Waals surface area contributed by atoms with Crippen LogP contribution in [-0.2, 0) is 21.3 Å². The molecule has 1 fully saturated rings. The van der Waals surface area contributed by atoms with Crippen LogP contribution >= 0.6 is 0 Å². The lowest BCUT2D eigenvalue weighted by molar-refractivity contribution is -0.255. The molecular formula is C17H18NO6S-. The van der Waals surface area contributed by atoms with E-state index in [0.717, 1.165) is 12.8 Å². The zero-order valence-electron chi connectivity index (χ0n) is 13.5. The van der Waals surface area contributed by atoms with Crippen molar-refractivity contribution in [3.8, 4) is 0 Å². The summed E-state index contributed by atoms with van der Waals surface area (Å²) >= 11 is 0. The van der Waals surface area contributed by atoms with E-state index >= 15 is 0 Å². The van der Waals surface area contributed by atoms with Crippen molar-refractivity contribution in [2.45, 2.75) is 30.4 Å². The predicted octanol–water partition coefficient (Wildman–Crippen LogP) is 1.01. The molecule has 1 aliphatic rings. The van der Waals surface area contributed by atoms with Crippen LogP contribution in [0.15, 0.2) is 52.0 Å². The van der Waals surface area contributed by atoms with Crippen molar-refractivity contribution in [3.63, 3.8) is 0 Å². The molecule has 3 rings (SSSR count). The van der Waals surface area contributed by atoms with Crippen LogP contribution in [0.4, 0.5) is 0 Å². The highest BCUT2D eigenvalue weighted by molar-refractivity contribution is 7.89. The summed E-state index contributed by atoms with van der Waals surface area (Å²) in [5.74, 6) is -0.830. The largest absolute Gasteiger partial charge is 0.545 e. The van der Waals surface area contributed by atoms with E-state index in [1.54, 1.807) is 12.1 Å². The second-order valence-corrected chi connectivity index (χ2v) is 7.76. The fourth-order valence-corrected chi connectivity index (χ4v) is 4.19. The van der Waals surface area contributed by atoms with Crippen LogP contribution in [0.2, 0.25) is 0 Å². The van der Waals surface area contributed by atoms with E-state index in [4.69, 9.17) is 9.15 Å². The van der Waals surface area contributed by atoms with Gasteiger partial charge in [0.05, 0.1) is 29.8 Å². The van der Waals surface area contributed by atoms with E-state index in [0.29, 0.717) is 12.4 Å². The first kappa shape index (κ1) is 17.7. The number of carboxylic acids is 1. The van der Waals surface area contributed by atoms with Gasteiger partial charge in [0.1, 0.15) is 5.76 Å². The van der Waals surface area contributed by atoms with Crippen molar-refractivity contribution >= 4 is 16.0 Å². The number of carbonyl (C=O) groups excluding carboxylic acids is 1. The average molecular weight is 364 g/mol. The maximum Gasteiger partial charge on any atom is 0.243 e. The smallest absolute Gasteiger partial charge is 0.243 e. The minimum atomic E-state index is -3.83. The number of furan rings is 1. The Labute approximate surface area is 145 Å². The number of carbonyl (C=O) groups is 1. The van der Waals surface area contributed by atoms with Gasteiger partial charge in [-0.2, -0.15) is 4.31 Å². The highest BCUT2D eigenvalue weighted by Gasteiger charge is 2.29. The Morgan fingerprint density at radius 1 is 1.24 bits per heavy atom. The first-order chi connectivity index (χ1) is 12.0. The van der Waals surface area contributed by atoms with E-state index in [1.165, 1.54) is 34.8 Å². The monoisotopic (exact) mass is 364 g/mol. The van der Waals surface area contributed by atoms with Gasteiger partial charge in [-0.3, -0.25) is 0 Å². The zero-order chi connectivity index (χ0) is 17.9. The number of sulfonamides is 1. The Morgan fingerprint density at radius 2 is 2.00 bits per heavy atom. The van der Waals surface area contributed by atoms with Crippen LogP contribution in [0, 0.1) is 0 Å². The molecule has 0 spiro atoms. The van der Waals surface area contributed by atoms with E-state index < -0.39 is 16.0 Å². The number of carboxylic acid groups (broad SMARTS) is 1. The molecule has 25 heavy (non-hydrogen) atoms. The highest BCUT2D eigenvalue weighted by Crippen LogP contribution is 2.22. The summed E-state index contributed by atoms with van der Waals surface area (Å²) in [4.78, 5) is 10.9. The van der Waals surface area contributed by atoms with Gasteiger partial charge in [-0.15, -0.1) is 0 Å². The number of aromatic carboxylic acids is 1. The summed E-state index contributed by atoms with van der Waals surface area (Å²) < 4.78 is 38.1. The number of ether oxygens (including phenoxy) is 1. The van der Waals surface area contributed by atoms with Crippen molar-refractivity contribution in [1.82, 2.24) is 4.31 Å². The molecule has 8 heteroatoms. The first-order valence-corrected chi connectivity index (χ1v) is 9.36. The van der Waals surface area contributed by atoms with Crippen LogP contribution < -0.4 is 5.11 Å². The first-order valence-electron chi connectivity index (χ1n) is 7.92. The van der Waals surface area contributed by atoms with Crippen molar-refractivity contribution in [2.75, 3.05) is 13.2 Å². The van der Waals surface area contributed by atoms with Crippen LogP contribution in [0.5, 0.6) is 0 Å². The molecule has 0 radical (unpaired) electrons. The van der Waals surface area contributed by atoms with Gasteiger partial charge in [0, 0.05) is 13.2 Å². The fraction of sp³-hybridized carbons (Fsp3) is 0.353. The lowest BCUT2D eigenvalue weighted by Crippen LogP contribution is -2.36. The van der Waals surface area contributed by atoms with Gasteiger partial charge in [-0.25, -0.2) is 8.42 Å². The number of hydrogen-bond donors (Lipinski definition) is 0. The minimum Gasteiger partial charge on any atom is -0.545 e. The molecule has 1 aliphatic heterocycles. The summed E-state index contributed by atoms with van der Waals surface area (Å²) in [5, 5.41) is 10.8. The molecule has 1 aromatic heterocycles. The molecular weight excluding hydrogens is 346 g/mol. The Balaban J connectivity index is 1.87. The quantitative estimate of drug-likeness (QED) is 0.727. The molecule has 7 nitrogen and oxygen atoms in total. The van der Waals surface area contributed by atoms with Crippen LogP contribution in [0.25, 0.3) is 0 Å². The second kappa shape index (κ2) is 7.38. The fourth-order valence-electron chi connectivity index (χ4n) is 2.75. The molecule has 1 aromatic carbocycles. The van der Waals surface area contributed by atoms with Gasteiger partial charge < -0.3 is 19.1 Å². The maximum absolute atomic E-state index is 13.0. The molecule has 0 N–H and O–H groups in total. The summed E-state index contributed by atoms with van der Waals surface area (Å²) in [7, 11) is -3.83. The Bertz CT molecular complexity index is 807. The van der Waals surface area contributed by atoms with Crippen LogP contribution in [0.1, 0.15) is 29.0 Å². The van der Waals surface area contributed by atoms with Gasteiger partial charge in [0.2, 0.25) is 10.0 Å². The molecule has 134 valence electrons. The summed E-state index contributed by atoms with van der Waals surface area (Å²) in [5.41, 5.74) is -0.0735. The Kier molecular flexibility index (Phi) is 5.22. The van der Waals surface area contributed by atoms with E-state index in [2.05, 4.69) is 0 Å². The molecule has 1 saturated heterocycles. The van der Waals surface area contributed by atoms with Crippen molar-refractivity contribution in [2.24, 2.45) is 0 Å². The van der Waals surface area contributed by atoms with Gasteiger partial charge >= 0.3 is 0 Å². The van der Waals surface area contributed by atoms with Crippen molar-refractivity contribution < 1.29 is 27.5 Å². The van der Waals surface area contributed by atoms with Gasteiger partial charge in [-0.1, -0.05) is 12.1 Å². The van der Waals surface area contributed by atoms with Crippen LogP contribution in [-0.4, -0.2) is 37.9 Å². The third kappa shape index (κ3) is 4.09. The van der Waals surface area contributed by atoms with Gasteiger partial charge in [0.25, 0.3) is 0 Å². The standard InChI is InChI=1S/C17H19NO6S/c19-17(20)13-5-7-16(8-6-13)25(21,22)18(11-14-3-1-9-23-14)12-15-4-2-10-24-15/h1,3,5-9,15H,2,4,10-12H2,(H,19,20)/p-1/t15-/m1/s1. The lowest BCUT2D eigenvalue weighted by Gasteiger charge is -2.24. The van der Waals surface area contributed by atoms with Crippen LogP contribution in [0.3, 0.4) is 0 Å². The molecule has 2 heterocycles. The van der Waals surface area contributed by atoms with E-state index in [1.807, 2.05) is 0 Å². The Hall–Kier alpha value is -2.16. The molecule has 0 unspecified atom stereocenters. The highest BCUT2D eigenvalue weighted by atomic mass is 32.2. The molecule has 0 saturated carbocycles. The molecule has 1 atom stereocenters. The summed E-state index contributed by atoms with van der Waals surface area (Å²) in [6.07, 6.45) is 3.03. The zero-order valence-corrected chi connectivity index (χ0v) is 14.3. The molecule has 2 aromatic rings. The Morgan fingerprint density at radius 3 is 2.56 bits per heavy atom. The minimum absolute atomic E-state index is 0.0158.